The molecule has 0 aliphatic rings. The average Bonchev–Trinajstić information content (AvgIpc) is 2.30. The van der Waals surface area contributed by atoms with Gasteiger partial charge >= 0.3 is 0 Å². The molecule has 0 aliphatic heterocycles. The van der Waals surface area contributed by atoms with Gasteiger partial charge in [0.1, 0.15) is 5.75 Å². The largest absolute Gasteiger partial charge is 0.396 e. The Balaban J connectivity index is 2.68. The van der Waals surface area contributed by atoms with E-state index in [0.29, 0.717) is 5.69 Å². The molecule has 0 unspecified atom stereocenters. The SMILES string of the molecule is Cc1ccc(C)c(NC(=O)CS(=O)(=O)CCCO)c1. The van der Waals surface area contributed by atoms with Crippen LogP contribution in [0.3, 0.4) is 0 Å². The molecule has 0 radical (unpaired) electrons. The van der Waals surface area contributed by atoms with Gasteiger partial charge in [-0.1, -0.05) is 12.1 Å². The van der Waals surface area contributed by atoms with Gasteiger partial charge in [-0.2, -0.15) is 0 Å². The maximum absolute atomic E-state index is 11.7. The molecule has 2 N–H and O–H groups in total. The highest BCUT2D eigenvalue weighted by atomic mass is 32.2. The van der Waals surface area contributed by atoms with Crippen molar-refractivity contribution in [3.8, 4) is 0 Å². The highest BCUT2D eigenvalue weighted by Crippen LogP contribution is 2.16. The van der Waals surface area contributed by atoms with Gasteiger partial charge in [0.15, 0.2) is 9.84 Å². The lowest BCUT2D eigenvalue weighted by molar-refractivity contribution is -0.113. The summed E-state index contributed by atoms with van der Waals surface area (Å²) in [5.41, 5.74) is 2.50. The normalized spacial score (nSPS) is 11.3. The van der Waals surface area contributed by atoms with Crippen molar-refractivity contribution in [2.45, 2.75) is 20.3 Å². The molecule has 0 bridgehead atoms. The smallest absolute Gasteiger partial charge is 0.239 e. The highest BCUT2D eigenvalue weighted by Gasteiger charge is 2.16. The number of nitrogens with one attached hydrogen (secondary N) is 1. The van der Waals surface area contributed by atoms with Crippen molar-refractivity contribution >= 4 is 21.4 Å². The van der Waals surface area contributed by atoms with Crippen molar-refractivity contribution < 1.29 is 18.3 Å². The Hall–Kier alpha value is -1.40. The van der Waals surface area contributed by atoms with Crippen LogP contribution in [-0.4, -0.2) is 37.5 Å². The zero-order valence-corrected chi connectivity index (χ0v) is 12.0. The van der Waals surface area contributed by atoms with Crippen LogP contribution in [0.1, 0.15) is 17.5 Å². The molecule has 0 saturated carbocycles. The number of hydrogen-bond donors (Lipinski definition) is 2. The fourth-order valence-corrected chi connectivity index (χ4v) is 2.80. The molecule has 19 heavy (non-hydrogen) atoms. The molecule has 0 atom stereocenters. The standard InChI is InChI=1S/C13H19NO4S/c1-10-4-5-11(2)12(8-10)14-13(16)9-19(17,18)7-3-6-15/h4-5,8,15H,3,6-7,9H2,1-2H3,(H,14,16). The summed E-state index contributed by atoms with van der Waals surface area (Å²) in [7, 11) is -3.46. The van der Waals surface area contributed by atoms with E-state index in [4.69, 9.17) is 5.11 Å². The first-order valence-electron chi connectivity index (χ1n) is 6.02. The van der Waals surface area contributed by atoms with E-state index >= 15 is 0 Å². The number of aliphatic hydroxyl groups excluding tert-OH is 1. The molecule has 1 aromatic rings. The highest BCUT2D eigenvalue weighted by molar-refractivity contribution is 7.92. The molecule has 106 valence electrons. The second-order valence-electron chi connectivity index (χ2n) is 4.54. The van der Waals surface area contributed by atoms with Crippen molar-refractivity contribution in [2.75, 3.05) is 23.4 Å². The van der Waals surface area contributed by atoms with E-state index in [1.54, 1.807) is 6.07 Å². The van der Waals surface area contributed by atoms with Crippen LogP contribution in [0, 0.1) is 13.8 Å². The number of aliphatic hydroxyl groups is 1. The maximum atomic E-state index is 11.7. The molecule has 0 aliphatic carbocycles. The predicted octanol–water partition coefficient (Wildman–Crippen LogP) is 1.04. The number of carbonyl (C=O) groups is 1. The average molecular weight is 285 g/mol. The number of rotatable bonds is 6. The van der Waals surface area contributed by atoms with E-state index in [1.807, 2.05) is 26.0 Å². The molecule has 6 heteroatoms. The monoisotopic (exact) mass is 285 g/mol. The van der Waals surface area contributed by atoms with Gasteiger partial charge in [-0.3, -0.25) is 4.79 Å². The van der Waals surface area contributed by atoms with E-state index in [0.717, 1.165) is 11.1 Å². The minimum absolute atomic E-state index is 0.152. The van der Waals surface area contributed by atoms with Crippen LogP contribution in [-0.2, 0) is 14.6 Å². The van der Waals surface area contributed by atoms with Crippen molar-refractivity contribution in [3.05, 3.63) is 29.3 Å². The van der Waals surface area contributed by atoms with Gasteiger partial charge in [0.05, 0.1) is 5.75 Å². The zero-order valence-electron chi connectivity index (χ0n) is 11.1. The Bertz CT molecular complexity index is 552. The zero-order chi connectivity index (χ0) is 14.5. The summed E-state index contributed by atoms with van der Waals surface area (Å²) in [6, 6.07) is 5.59. The lowest BCUT2D eigenvalue weighted by atomic mass is 10.1. The Labute approximate surface area is 113 Å². The van der Waals surface area contributed by atoms with Gasteiger partial charge in [-0.05, 0) is 37.5 Å². The van der Waals surface area contributed by atoms with Crippen LogP contribution < -0.4 is 5.32 Å². The lowest BCUT2D eigenvalue weighted by Gasteiger charge is -2.09. The fraction of sp³-hybridized carbons (Fsp3) is 0.462. The first kappa shape index (κ1) is 15.7. The van der Waals surface area contributed by atoms with Crippen LogP contribution in [0.15, 0.2) is 18.2 Å². The third kappa shape index (κ3) is 5.40. The molecule has 1 amide bonds. The fourth-order valence-electron chi connectivity index (χ4n) is 1.61. The number of anilines is 1. The minimum atomic E-state index is -3.46. The van der Waals surface area contributed by atoms with Crippen LogP contribution in [0.25, 0.3) is 0 Å². The first-order chi connectivity index (χ1) is 8.84. The van der Waals surface area contributed by atoms with Crippen LogP contribution in [0.2, 0.25) is 0 Å². The lowest BCUT2D eigenvalue weighted by Crippen LogP contribution is -2.25. The summed E-state index contributed by atoms with van der Waals surface area (Å²) in [5.74, 6) is -1.28. The maximum Gasteiger partial charge on any atom is 0.239 e. The molecular formula is C13H19NO4S. The van der Waals surface area contributed by atoms with Gasteiger partial charge < -0.3 is 10.4 Å². The molecule has 0 spiro atoms. The van der Waals surface area contributed by atoms with Gasteiger partial charge in [-0.15, -0.1) is 0 Å². The van der Waals surface area contributed by atoms with Crippen molar-refractivity contribution in [1.29, 1.82) is 0 Å². The van der Waals surface area contributed by atoms with Crippen molar-refractivity contribution in [1.82, 2.24) is 0 Å². The molecule has 0 saturated heterocycles. The summed E-state index contributed by atoms with van der Waals surface area (Å²) < 4.78 is 23.1. The molecule has 0 fully saturated rings. The van der Waals surface area contributed by atoms with Gasteiger partial charge in [0.25, 0.3) is 0 Å². The van der Waals surface area contributed by atoms with Crippen LogP contribution >= 0.6 is 0 Å². The number of sulfone groups is 1. The molecule has 1 rings (SSSR count). The first-order valence-corrected chi connectivity index (χ1v) is 7.84. The second-order valence-corrected chi connectivity index (χ2v) is 6.72. The molecule has 5 nitrogen and oxygen atoms in total. The van der Waals surface area contributed by atoms with Crippen LogP contribution in [0.4, 0.5) is 5.69 Å². The third-order valence-electron chi connectivity index (χ3n) is 2.63. The summed E-state index contributed by atoms with van der Waals surface area (Å²) in [6.07, 6.45) is 0.152. The van der Waals surface area contributed by atoms with Gasteiger partial charge in [0.2, 0.25) is 5.91 Å². The Morgan fingerprint density at radius 2 is 2.00 bits per heavy atom. The van der Waals surface area contributed by atoms with E-state index in [9.17, 15) is 13.2 Å². The number of carbonyl (C=O) groups excluding carboxylic acids is 1. The molecule has 0 heterocycles. The topological polar surface area (TPSA) is 83.5 Å². The van der Waals surface area contributed by atoms with E-state index in [1.165, 1.54) is 0 Å². The summed E-state index contributed by atoms with van der Waals surface area (Å²) in [4.78, 5) is 11.7. The predicted molar refractivity (Wildman–Crippen MR) is 74.9 cm³/mol. The Kier molecular flexibility index (Phi) is 5.50. The quantitative estimate of drug-likeness (QED) is 0.818. The van der Waals surface area contributed by atoms with Gasteiger partial charge in [-0.25, -0.2) is 8.42 Å². The van der Waals surface area contributed by atoms with Crippen molar-refractivity contribution in [2.24, 2.45) is 0 Å². The minimum Gasteiger partial charge on any atom is -0.396 e. The summed E-state index contributed by atoms with van der Waals surface area (Å²) >= 11 is 0. The van der Waals surface area contributed by atoms with Gasteiger partial charge in [0, 0.05) is 12.3 Å². The molecule has 0 aromatic heterocycles. The third-order valence-corrected chi connectivity index (χ3v) is 4.24. The summed E-state index contributed by atoms with van der Waals surface area (Å²) in [6.45, 7) is 3.54. The number of aryl methyl sites for hydroxylation is 2. The number of amides is 1. The second kappa shape index (κ2) is 6.68. The number of benzene rings is 1. The van der Waals surface area contributed by atoms with E-state index in [2.05, 4.69) is 5.32 Å². The van der Waals surface area contributed by atoms with E-state index in [-0.39, 0.29) is 18.8 Å². The molecular weight excluding hydrogens is 266 g/mol. The molecule has 1 aromatic carbocycles. The Morgan fingerprint density at radius 1 is 1.32 bits per heavy atom. The number of hydrogen-bond acceptors (Lipinski definition) is 4. The van der Waals surface area contributed by atoms with Crippen molar-refractivity contribution in [3.63, 3.8) is 0 Å². The van der Waals surface area contributed by atoms with Crippen LogP contribution in [0.5, 0.6) is 0 Å². The van der Waals surface area contributed by atoms with E-state index < -0.39 is 21.5 Å². The summed E-state index contributed by atoms with van der Waals surface area (Å²) in [5, 5.41) is 11.2. The Morgan fingerprint density at radius 3 is 2.63 bits per heavy atom.